The second-order valence-corrected chi connectivity index (χ2v) is 8.36. The number of benzene rings is 1. The molecule has 1 aromatic rings. The van der Waals surface area contributed by atoms with Crippen molar-refractivity contribution < 1.29 is 9.53 Å². The molecule has 4 fully saturated rings. The first-order valence-electron chi connectivity index (χ1n) is 9.98. The maximum atomic E-state index is 12.5. The highest BCUT2D eigenvalue weighted by molar-refractivity contribution is 5.75. The van der Waals surface area contributed by atoms with Crippen molar-refractivity contribution in [3.8, 4) is 0 Å². The van der Waals surface area contributed by atoms with E-state index in [2.05, 4.69) is 40.1 Å². The molecule has 0 aliphatic carbocycles. The fourth-order valence-electron chi connectivity index (χ4n) is 6.28. The molecule has 0 radical (unpaired) electrons. The molecular weight excluding hydrogens is 312 g/mol. The first-order chi connectivity index (χ1) is 12.3. The van der Waals surface area contributed by atoms with Crippen LogP contribution >= 0.6 is 0 Å². The third-order valence-corrected chi connectivity index (χ3v) is 7.33. The van der Waals surface area contributed by atoms with Gasteiger partial charge in [-0.15, -0.1) is 0 Å². The molecule has 3 atom stereocenters. The van der Waals surface area contributed by atoms with Crippen molar-refractivity contribution in [3.63, 3.8) is 0 Å². The van der Waals surface area contributed by atoms with Crippen LogP contribution < -0.4 is 0 Å². The lowest BCUT2D eigenvalue weighted by molar-refractivity contribution is -0.157. The molecule has 25 heavy (non-hydrogen) atoms. The van der Waals surface area contributed by atoms with E-state index in [1.54, 1.807) is 0 Å². The SMILES string of the molecule is O=C1OCC[C@@H]2[C@@H]1[C@H]1CCCN1C21CCN(Cc2ccccc2)CC1. The Morgan fingerprint density at radius 1 is 1.08 bits per heavy atom. The topological polar surface area (TPSA) is 32.8 Å². The number of carbonyl (C=O) groups is 1. The smallest absolute Gasteiger partial charge is 0.310 e. The maximum absolute atomic E-state index is 12.5. The second kappa shape index (κ2) is 6.10. The van der Waals surface area contributed by atoms with Gasteiger partial charge in [-0.2, -0.15) is 0 Å². The fourth-order valence-corrected chi connectivity index (χ4v) is 6.28. The summed E-state index contributed by atoms with van der Waals surface area (Å²) in [5, 5.41) is 0. The molecule has 134 valence electrons. The van der Waals surface area contributed by atoms with Crippen molar-refractivity contribution in [1.82, 2.24) is 9.80 Å². The minimum Gasteiger partial charge on any atom is -0.465 e. The van der Waals surface area contributed by atoms with E-state index in [0.29, 0.717) is 18.6 Å². The fraction of sp³-hybridized carbons (Fsp3) is 0.667. The van der Waals surface area contributed by atoms with E-state index in [4.69, 9.17) is 4.74 Å². The van der Waals surface area contributed by atoms with Crippen molar-refractivity contribution >= 4 is 5.97 Å². The van der Waals surface area contributed by atoms with Gasteiger partial charge in [0.2, 0.25) is 0 Å². The van der Waals surface area contributed by atoms with Gasteiger partial charge in [-0.3, -0.25) is 14.6 Å². The van der Waals surface area contributed by atoms with E-state index < -0.39 is 0 Å². The molecule has 4 aliphatic rings. The third-order valence-electron chi connectivity index (χ3n) is 7.33. The van der Waals surface area contributed by atoms with Crippen LogP contribution in [0, 0.1) is 11.8 Å². The number of cyclic esters (lactones) is 1. The number of rotatable bonds is 2. The Balaban J connectivity index is 1.34. The Morgan fingerprint density at radius 3 is 2.68 bits per heavy atom. The number of esters is 1. The molecule has 0 bridgehead atoms. The summed E-state index contributed by atoms with van der Waals surface area (Å²) >= 11 is 0. The highest BCUT2D eigenvalue weighted by Crippen LogP contribution is 2.55. The Bertz CT molecular complexity index is 639. The monoisotopic (exact) mass is 340 g/mol. The van der Waals surface area contributed by atoms with Crippen molar-refractivity contribution in [2.24, 2.45) is 11.8 Å². The van der Waals surface area contributed by atoms with Crippen LogP contribution in [-0.4, -0.2) is 53.6 Å². The number of piperidine rings is 1. The predicted octanol–water partition coefficient (Wildman–Crippen LogP) is 2.68. The van der Waals surface area contributed by atoms with E-state index in [1.165, 1.54) is 37.8 Å². The summed E-state index contributed by atoms with van der Waals surface area (Å²) < 4.78 is 5.46. The van der Waals surface area contributed by atoms with Crippen LogP contribution in [0.4, 0.5) is 0 Å². The van der Waals surface area contributed by atoms with Crippen LogP contribution in [0.25, 0.3) is 0 Å². The third kappa shape index (κ3) is 2.45. The zero-order valence-corrected chi connectivity index (χ0v) is 14.9. The van der Waals surface area contributed by atoms with Crippen molar-refractivity contribution in [1.29, 1.82) is 0 Å². The van der Waals surface area contributed by atoms with E-state index >= 15 is 0 Å². The van der Waals surface area contributed by atoms with E-state index in [1.807, 2.05) is 0 Å². The number of carbonyl (C=O) groups excluding carboxylic acids is 1. The zero-order chi connectivity index (χ0) is 16.9. The molecule has 4 aliphatic heterocycles. The largest absolute Gasteiger partial charge is 0.465 e. The average molecular weight is 340 g/mol. The minimum atomic E-state index is 0.0942. The lowest BCUT2D eigenvalue weighted by Crippen LogP contribution is -2.56. The molecule has 1 spiro atoms. The first kappa shape index (κ1) is 15.8. The van der Waals surface area contributed by atoms with Gasteiger partial charge in [0.15, 0.2) is 0 Å². The lowest BCUT2D eigenvalue weighted by Gasteiger charge is -2.48. The standard InChI is InChI=1S/C21H28N2O2/c24-20-19-17(8-14-25-20)21(23-11-4-7-18(19)23)9-12-22(13-10-21)15-16-5-2-1-3-6-16/h1-3,5-6,17-19H,4,7-15H2/t17-,18-,19-/m1/s1. The highest BCUT2D eigenvalue weighted by atomic mass is 16.5. The summed E-state index contributed by atoms with van der Waals surface area (Å²) in [4.78, 5) is 17.8. The van der Waals surface area contributed by atoms with E-state index in [-0.39, 0.29) is 17.4 Å². The molecule has 1 aromatic carbocycles. The molecule has 0 aromatic heterocycles. The van der Waals surface area contributed by atoms with Gasteiger partial charge >= 0.3 is 5.97 Å². The van der Waals surface area contributed by atoms with Gasteiger partial charge in [0, 0.05) is 31.2 Å². The molecule has 4 nitrogen and oxygen atoms in total. The van der Waals surface area contributed by atoms with Crippen LogP contribution in [0.15, 0.2) is 30.3 Å². The van der Waals surface area contributed by atoms with Gasteiger partial charge in [-0.05, 0) is 50.1 Å². The lowest BCUT2D eigenvalue weighted by atomic mass is 9.70. The van der Waals surface area contributed by atoms with Gasteiger partial charge in [0.1, 0.15) is 0 Å². The van der Waals surface area contributed by atoms with Crippen LogP contribution in [0.2, 0.25) is 0 Å². The number of hydrogen-bond donors (Lipinski definition) is 0. The Hall–Kier alpha value is -1.39. The molecule has 4 saturated heterocycles. The van der Waals surface area contributed by atoms with Crippen LogP contribution in [-0.2, 0) is 16.1 Å². The molecule has 4 heteroatoms. The Kier molecular flexibility index (Phi) is 3.86. The molecule has 0 unspecified atom stereocenters. The van der Waals surface area contributed by atoms with Crippen LogP contribution in [0.3, 0.4) is 0 Å². The second-order valence-electron chi connectivity index (χ2n) is 8.36. The van der Waals surface area contributed by atoms with Crippen molar-refractivity contribution in [2.75, 3.05) is 26.2 Å². The van der Waals surface area contributed by atoms with Crippen LogP contribution in [0.1, 0.15) is 37.7 Å². The molecule has 0 saturated carbocycles. The Labute approximate surface area is 150 Å². The molecule has 5 rings (SSSR count). The quantitative estimate of drug-likeness (QED) is 0.775. The summed E-state index contributed by atoms with van der Waals surface area (Å²) in [6.07, 6.45) is 5.93. The van der Waals surface area contributed by atoms with Gasteiger partial charge < -0.3 is 4.74 Å². The molecule has 0 N–H and O–H groups in total. The van der Waals surface area contributed by atoms with Crippen molar-refractivity contribution in [3.05, 3.63) is 35.9 Å². The summed E-state index contributed by atoms with van der Waals surface area (Å²) in [5.41, 5.74) is 1.67. The Morgan fingerprint density at radius 2 is 1.88 bits per heavy atom. The van der Waals surface area contributed by atoms with Crippen LogP contribution in [0.5, 0.6) is 0 Å². The molecule has 4 heterocycles. The van der Waals surface area contributed by atoms with Gasteiger partial charge in [-0.25, -0.2) is 0 Å². The number of ether oxygens (including phenoxy) is 1. The average Bonchev–Trinajstić information content (AvgIpc) is 3.21. The summed E-state index contributed by atoms with van der Waals surface area (Å²) in [6, 6.07) is 11.3. The van der Waals surface area contributed by atoms with Crippen molar-refractivity contribution in [2.45, 2.75) is 50.2 Å². The highest BCUT2D eigenvalue weighted by Gasteiger charge is 2.63. The number of fused-ring (bicyclic) bond motifs is 5. The molecule has 0 amide bonds. The number of likely N-dealkylation sites (tertiary alicyclic amines) is 1. The summed E-state index contributed by atoms with van der Waals surface area (Å²) in [5.74, 6) is 0.770. The minimum absolute atomic E-state index is 0.0942. The summed E-state index contributed by atoms with van der Waals surface area (Å²) in [6.45, 7) is 5.17. The zero-order valence-electron chi connectivity index (χ0n) is 14.9. The first-order valence-corrected chi connectivity index (χ1v) is 9.98. The van der Waals surface area contributed by atoms with E-state index in [9.17, 15) is 4.79 Å². The normalized spacial score (nSPS) is 34.7. The molecular formula is C21H28N2O2. The maximum Gasteiger partial charge on any atom is 0.310 e. The van der Waals surface area contributed by atoms with Gasteiger partial charge in [0.05, 0.1) is 12.5 Å². The van der Waals surface area contributed by atoms with Gasteiger partial charge in [-0.1, -0.05) is 30.3 Å². The van der Waals surface area contributed by atoms with E-state index in [0.717, 1.165) is 26.1 Å². The number of hydrogen-bond acceptors (Lipinski definition) is 4. The predicted molar refractivity (Wildman–Crippen MR) is 96.0 cm³/mol. The van der Waals surface area contributed by atoms with Gasteiger partial charge in [0.25, 0.3) is 0 Å². The number of nitrogens with zero attached hydrogens (tertiary/aromatic N) is 2. The summed E-state index contributed by atoms with van der Waals surface area (Å²) in [7, 11) is 0.